The summed E-state index contributed by atoms with van der Waals surface area (Å²) in [5, 5.41) is 2.96. The van der Waals surface area contributed by atoms with Gasteiger partial charge in [-0.1, -0.05) is 54.2 Å². The van der Waals surface area contributed by atoms with Crippen LogP contribution in [-0.2, 0) is 17.8 Å². The van der Waals surface area contributed by atoms with Crippen LogP contribution < -0.4 is 10.2 Å². The van der Waals surface area contributed by atoms with Gasteiger partial charge in [-0.25, -0.2) is 4.39 Å². The number of nitrogens with zero attached hydrogens (tertiary/aromatic N) is 2. The van der Waals surface area contributed by atoms with E-state index >= 15 is 0 Å². The van der Waals surface area contributed by atoms with Gasteiger partial charge in [-0.05, 0) is 72.5 Å². The molecule has 2 amide bonds. The van der Waals surface area contributed by atoms with Gasteiger partial charge in [0.1, 0.15) is 5.82 Å². The smallest absolute Gasteiger partial charge is 0.265 e. The minimum absolute atomic E-state index is 0.132. The molecule has 0 radical (unpaired) electrons. The number of thioether (sulfide) groups is 1. The molecule has 2 heterocycles. The molecule has 38 heavy (non-hydrogen) atoms. The Morgan fingerprint density at radius 2 is 1.68 bits per heavy atom. The molecule has 1 aliphatic rings. The molecule has 0 saturated carbocycles. The number of halogens is 1. The highest BCUT2D eigenvalue weighted by Crippen LogP contribution is 2.42. The number of anilines is 1. The Bertz CT molecular complexity index is 1470. The molecule has 190 valence electrons. The van der Waals surface area contributed by atoms with E-state index in [0.717, 1.165) is 29.0 Å². The summed E-state index contributed by atoms with van der Waals surface area (Å²) in [5.41, 5.74) is 3.78. The Morgan fingerprint density at radius 3 is 2.47 bits per heavy atom. The normalized spacial score (nSPS) is 13.9. The molecule has 7 heteroatoms. The van der Waals surface area contributed by atoms with Crippen molar-refractivity contribution < 1.29 is 14.0 Å². The summed E-state index contributed by atoms with van der Waals surface area (Å²) >= 11 is 1.39. The number of amides is 2. The zero-order valence-electron chi connectivity index (χ0n) is 20.6. The summed E-state index contributed by atoms with van der Waals surface area (Å²) in [5.74, 6) is -0.659. The van der Waals surface area contributed by atoms with Crippen LogP contribution in [0.4, 0.5) is 10.1 Å². The molecular formula is C31H26FN3O2S. The maximum atomic E-state index is 14.4. The lowest BCUT2D eigenvalue weighted by Gasteiger charge is -2.30. The Hall–Kier alpha value is -4.23. The summed E-state index contributed by atoms with van der Waals surface area (Å²) < 4.78 is 14.4. The first-order valence-corrected chi connectivity index (χ1v) is 13.2. The summed E-state index contributed by atoms with van der Waals surface area (Å²) in [6.45, 7) is 0.718. The molecule has 5 nitrogen and oxygen atoms in total. The fourth-order valence-corrected chi connectivity index (χ4v) is 5.30. The highest BCUT2D eigenvalue weighted by atomic mass is 32.2. The van der Waals surface area contributed by atoms with E-state index in [9.17, 15) is 14.0 Å². The maximum absolute atomic E-state index is 14.4. The molecular weight excluding hydrogens is 497 g/mol. The second-order valence-electron chi connectivity index (χ2n) is 8.90. The van der Waals surface area contributed by atoms with E-state index in [0.29, 0.717) is 22.6 Å². The predicted molar refractivity (Wildman–Crippen MR) is 149 cm³/mol. The highest BCUT2D eigenvalue weighted by molar-refractivity contribution is 8.04. The fraction of sp³-hybridized carbons (Fsp3) is 0.129. The molecule has 0 fully saturated rings. The Labute approximate surface area is 225 Å². The van der Waals surface area contributed by atoms with Gasteiger partial charge in [0.25, 0.3) is 11.8 Å². The molecule has 3 aromatic carbocycles. The van der Waals surface area contributed by atoms with Crippen LogP contribution in [0, 0.1) is 5.82 Å². The first-order valence-electron chi connectivity index (χ1n) is 12.4. The maximum Gasteiger partial charge on any atom is 0.265 e. The van der Waals surface area contributed by atoms with Crippen LogP contribution >= 0.6 is 11.8 Å². The minimum Gasteiger partial charge on any atom is -0.352 e. The van der Waals surface area contributed by atoms with E-state index in [4.69, 9.17) is 0 Å². The third-order valence-corrected chi connectivity index (χ3v) is 7.34. The van der Waals surface area contributed by atoms with Crippen molar-refractivity contribution in [2.45, 2.75) is 24.3 Å². The standard InChI is InChI=1S/C31H26FN3O2S/c32-26-8-2-1-7-25(26)21-35-27-9-3-4-10-28(27)38-29(31(35)37)20-23-11-13-24(14-12-23)30(36)34-17-5-6-22-15-18-33-19-16-22/h1-4,7-16,18-20H,5-6,17,21H2,(H,34,36). The molecule has 0 atom stereocenters. The largest absolute Gasteiger partial charge is 0.352 e. The Kier molecular flexibility index (Phi) is 7.95. The summed E-state index contributed by atoms with van der Waals surface area (Å²) in [6, 6.07) is 25.2. The fourth-order valence-electron chi connectivity index (χ4n) is 4.24. The topological polar surface area (TPSA) is 62.3 Å². The summed E-state index contributed by atoms with van der Waals surface area (Å²) in [7, 11) is 0. The first-order chi connectivity index (χ1) is 18.6. The number of carbonyl (C=O) groups is 2. The number of fused-ring (bicyclic) bond motifs is 1. The van der Waals surface area contributed by atoms with Gasteiger partial charge < -0.3 is 10.2 Å². The Balaban J connectivity index is 1.27. The van der Waals surface area contributed by atoms with Crippen molar-refractivity contribution in [1.82, 2.24) is 10.3 Å². The monoisotopic (exact) mass is 523 g/mol. The van der Waals surface area contributed by atoms with Crippen LogP contribution in [0.2, 0.25) is 0 Å². The van der Waals surface area contributed by atoms with Gasteiger partial charge >= 0.3 is 0 Å². The number of carbonyl (C=O) groups excluding carboxylic acids is 2. The van der Waals surface area contributed by atoms with Crippen molar-refractivity contribution in [3.8, 4) is 0 Å². The second kappa shape index (κ2) is 11.9. The number of hydrogen-bond donors (Lipinski definition) is 1. The van der Waals surface area contributed by atoms with E-state index in [1.165, 1.54) is 23.4 Å². The molecule has 1 aliphatic heterocycles. The van der Waals surface area contributed by atoms with Crippen LogP contribution in [0.1, 0.15) is 33.5 Å². The van der Waals surface area contributed by atoms with Crippen molar-refractivity contribution in [3.05, 3.63) is 130 Å². The van der Waals surface area contributed by atoms with Gasteiger partial charge in [-0.15, -0.1) is 0 Å². The molecule has 0 bridgehead atoms. The quantitative estimate of drug-likeness (QED) is 0.219. The average molecular weight is 524 g/mol. The van der Waals surface area contributed by atoms with Gasteiger partial charge in [-0.2, -0.15) is 0 Å². The SMILES string of the molecule is O=C(NCCCc1ccncc1)c1ccc(C=C2Sc3ccccc3N(Cc3ccccc3F)C2=O)cc1. The summed E-state index contributed by atoms with van der Waals surface area (Å²) in [4.78, 5) is 33.1. The molecule has 1 N–H and O–H groups in total. The molecule has 4 aromatic rings. The second-order valence-corrected chi connectivity index (χ2v) is 9.98. The number of pyridine rings is 1. The van der Waals surface area contributed by atoms with Crippen LogP contribution in [0.25, 0.3) is 6.08 Å². The van der Waals surface area contributed by atoms with Gasteiger partial charge in [0.2, 0.25) is 0 Å². The van der Waals surface area contributed by atoms with Crippen LogP contribution in [0.15, 0.2) is 107 Å². The first kappa shape index (κ1) is 25.4. The van der Waals surface area contributed by atoms with Gasteiger partial charge in [0.15, 0.2) is 0 Å². The molecule has 0 aliphatic carbocycles. The molecule has 0 spiro atoms. The van der Waals surface area contributed by atoms with Gasteiger partial charge in [-0.3, -0.25) is 14.6 Å². The lowest BCUT2D eigenvalue weighted by molar-refractivity contribution is -0.114. The third-order valence-electron chi connectivity index (χ3n) is 6.27. The number of aryl methyl sites for hydroxylation is 1. The van der Waals surface area contributed by atoms with E-state index in [2.05, 4.69) is 10.3 Å². The van der Waals surface area contributed by atoms with Crippen molar-refractivity contribution in [3.63, 3.8) is 0 Å². The van der Waals surface area contributed by atoms with Crippen LogP contribution in [-0.4, -0.2) is 23.3 Å². The van der Waals surface area contributed by atoms with E-state index in [1.807, 2.05) is 54.6 Å². The Morgan fingerprint density at radius 1 is 0.947 bits per heavy atom. The number of nitrogens with one attached hydrogen (secondary N) is 1. The number of aromatic nitrogens is 1. The number of benzene rings is 3. The zero-order chi connectivity index (χ0) is 26.3. The zero-order valence-corrected chi connectivity index (χ0v) is 21.5. The van der Waals surface area contributed by atoms with Crippen LogP contribution in [0.3, 0.4) is 0 Å². The van der Waals surface area contributed by atoms with Crippen LogP contribution in [0.5, 0.6) is 0 Å². The lowest BCUT2D eigenvalue weighted by atomic mass is 10.1. The van der Waals surface area contributed by atoms with Crippen molar-refractivity contribution in [2.24, 2.45) is 0 Å². The number of hydrogen-bond acceptors (Lipinski definition) is 4. The highest BCUT2D eigenvalue weighted by Gasteiger charge is 2.29. The van der Waals surface area contributed by atoms with Crippen molar-refractivity contribution >= 4 is 35.3 Å². The van der Waals surface area contributed by atoms with Gasteiger partial charge in [0.05, 0.1) is 17.1 Å². The van der Waals surface area contributed by atoms with E-state index in [-0.39, 0.29) is 24.2 Å². The third kappa shape index (κ3) is 6.01. The number of rotatable bonds is 8. The molecule has 5 rings (SSSR count). The number of para-hydroxylation sites is 1. The summed E-state index contributed by atoms with van der Waals surface area (Å²) in [6.07, 6.45) is 7.06. The van der Waals surface area contributed by atoms with E-state index in [1.54, 1.807) is 47.6 Å². The molecule has 0 unspecified atom stereocenters. The van der Waals surface area contributed by atoms with Crippen molar-refractivity contribution in [1.29, 1.82) is 0 Å². The average Bonchev–Trinajstić information content (AvgIpc) is 2.95. The molecule has 0 saturated heterocycles. The molecule has 1 aromatic heterocycles. The van der Waals surface area contributed by atoms with E-state index < -0.39 is 0 Å². The van der Waals surface area contributed by atoms with Crippen molar-refractivity contribution in [2.75, 3.05) is 11.4 Å². The predicted octanol–water partition coefficient (Wildman–Crippen LogP) is 6.26. The lowest BCUT2D eigenvalue weighted by Crippen LogP contribution is -2.34. The minimum atomic E-state index is -0.340. The van der Waals surface area contributed by atoms with Gasteiger partial charge in [0, 0.05) is 35.0 Å².